The first-order valence-electron chi connectivity index (χ1n) is 4.99. The molecule has 2 aromatic rings. The van der Waals surface area contributed by atoms with Crippen LogP contribution in [-0.2, 0) is 9.84 Å². The molecule has 1 aromatic heterocycles. The van der Waals surface area contributed by atoms with E-state index in [-0.39, 0.29) is 9.92 Å². The van der Waals surface area contributed by atoms with Crippen molar-refractivity contribution in [3.05, 3.63) is 46.8 Å². The number of aromatic nitrogens is 2. The van der Waals surface area contributed by atoms with Crippen LogP contribution in [0.3, 0.4) is 0 Å². The molecule has 18 heavy (non-hydrogen) atoms. The SMILES string of the molecule is COc1cccc(S(=O)(=O)c2ccc(=O)[nH]n2)c1. The Balaban J connectivity index is 2.54. The molecule has 0 fully saturated rings. The minimum absolute atomic E-state index is 0.0569. The summed E-state index contributed by atoms with van der Waals surface area (Å²) in [6.07, 6.45) is 0. The van der Waals surface area contributed by atoms with Crippen molar-refractivity contribution < 1.29 is 13.2 Å². The Hall–Kier alpha value is -2.15. The van der Waals surface area contributed by atoms with Gasteiger partial charge in [-0.3, -0.25) is 4.79 Å². The molecule has 0 aliphatic heterocycles. The molecule has 0 atom stereocenters. The third-order valence-corrected chi connectivity index (χ3v) is 3.93. The molecule has 6 nitrogen and oxygen atoms in total. The molecule has 0 saturated heterocycles. The minimum Gasteiger partial charge on any atom is -0.497 e. The molecule has 0 aliphatic rings. The van der Waals surface area contributed by atoms with E-state index in [1.807, 2.05) is 0 Å². The summed E-state index contributed by atoms with van der Waals surface area (Å²) >= 11 is 0. The number of methoxy groups -OCH3 is 1. The summed E-state index contributed by atoms with van der Waals surface area (Å²) in [6.45, 7) is 0. The number of hydrogen-bond donors (Lipinski definition) is 1. The highest BCUT2D eigenvalue weighted by Gasteiger charge is 2.19. The van der Waals surface area contributed by atoms with Crippen molar-refractivity contribution in [3.63, 3.8) is 0 Å². The largest absolute Gasteiger partial charge is 0.497 e. The number of nitrogens with zero attached hydrogens (tertiary/aromatic N) is 1. The van der Waals surface area contributed by atoms with Gasteiger partial charge in [-0.25, -0.2) is 13.5 Å². The van der Waals surface area contributed by atoms with Crippen LogP contribution in [0.5, 0.6) is 5.75 Å². The van der Waals surface area contributed by atoms with Gasteiger partial charge in [-0.1, -0.05) is 6.07 Å². The van der Waals surface area contributed by atoms with Gasteiger partial charge in [0.2, 0.25) is 9.84 Å². The first kappa shape index (κ1) is 12.3. The van der Waals surface area contributed by atoms with E-state index >= 15 is 0 Å². The predicted molar refractivity (Wildman–Crippen MR) is 63.3 cm³/mol. The Morgan fingerprint density at radius 2 is 2.00 bits per heavy atom. The number of nitrogens with one attached hydrogen (secondary N) is 1. The normalized spacial score (nSPS) is 11.2. The maximum Gasteiger partial charge on any atom is 0.264 e. The van der Waals surface area contributed by atoms with Crippen LogP contribution in [-0.4, -0.2) is 25.7 Å². The standard InChI is InChI=1S/C11H10N2O4S/c1-17-8-3-2-4-9(7-8)18(15,16)11-6-5-10(14)12-13-11/h2-7H,1H3,(H,12,14). The fourth-order valence-electron chi connectivity index (χ4n) is 1.37. The molecule has 0 aliphatic carbocycles. The highest BCUT2D eigenvalue weighted by Crippen LogP contribution is 2.21. The van der Waals surface area contributed by atoms with Crippen LogP contribution >= 0.6 is 0 Å². The fourth-order valence-corrected chi connectivity index (χ4v) is 2.55. The number of hydrogen-bond acceptors (Lipinski definition) is 5. The number of benzene rings is 1. The monoisotopic (exact) mass is 266 g/mol. The van der Waals surface area contributed by atoms with E-state index in [4.69, 9.17) is 4.74 Å². The lowest BCUT2D eigenvalue weighted by Gasteiger charge is -2.05. The van der Waals surface area contributed by atoms with Crippen LogP contribution in [0.25, 0.3) is 0 Å². The molecule has 1 N–H and O–H groups in total. The quantitative estimate of drug-likeness (QED) is 0.879. The molecule has 0 spiro atoms. The number of H-pyrrole nitrogens is 1. The Labute approximate surface area is 103 Å². The number of ether oxygens (including phenoxy) is 1. The van der Waals surface area contributed by atoms with Gasteiger partial charge >= 0.3 is 0 Å². The van der Waals surface area contributed by atoms with Crippen LogP contribution in [0.1, 0.15) is 0 Å². The molecule has 2 rings (SSSR count). The lowest BCUT2D eigenvalue weighted by molar-refractivity contribution is 0.413. The van der Waals surface area contributed by atoms with Crippen LogP contribution in [0.4, 0.5) is 0 Å². The van der Waals surface area contributed by atoms with Crippen molar-refractivity contribution in [2.45, 2.75) is 9.92 Å². The van der Waals surface area contributed by atoms with Gasteiger partial charge in [0.1, 0.15) is 5.75 Å². The maximum atomic E-state index is 12.2. The summed E-state index contributed by atoms with van der Waals surface area (Å²) in [4.78, 5) is 10.9. The number of sulfone groups is 1. The third kappa shape index (κ3) is 2.25. The summed E-state index contributed by atoms with van der Waals surface area (Å²) in [7, 11) is -2.30. The topological polar surface area (TPSA) is 89.1 Å². The van der Waals surface area contributed by atoms with Crippen LogP contribution in [0.15, 0.2) is 51.1 Å². The van der Waals surface area contributed by atoms with Crippen molar-refractivity contribution in [2.75, 3.05) is 7.11 Å². The Morgan fingerprint density at radius 1 is 1.22 bits per heavy atom. The van der Waals surface area contributed by atoms with E-state index in [2.05, 4.69) is 10.2 Å². The lowest BCUT2D eigenvalue weighted by Crippen LogP contribution is -2.12. The second-order valence-electron chi connectivity index (χ2n) is 3.44. The van der Waals surface area contributed by atoms with Gasteiger partial charge in [0.05, 0.1) is 12.0 Å². The molecule has 0 bridgehead atoms. The van der Waals surface area contributed by atoms with E-state index in [0.29, 0.717) is 5.75 Å². The van der Waals surface area contributed by atoms with E-state index in [1.54, 1.807) is 12.1 Å². The van der Waals surface area contributed by atoms with Crippen molar-refractivity contribution in [1.82, 2.24) is 10.2 Å². The van der Waals surface area contributed by atoms with Crippen molar-refractivity contribution in [3.8, 4) is 5.75 Å². The maximum absolute atomic E-state index is 12.2. The minimum atomic E-state index is -3.75. The van der Waals surface area contributed by atoms with Gasteiger partial charge in [0.15, 0.2) is 5.03 Å². The van der Waals surface area contributed by atoms with E-state index in [1.165, 1.54) is 19.2 Å². The second kappa shape index (κ2) is 4.61. The van der Waals surface area contributed by atoms with E-state index < -0.39 is 15.4 Å². The zero-order valence-corrected chi connectivity index (χ0v) is 10.3. The highest BCUT2D eigenvalue weighted by molar-refractivity contribution is 7.91. The molecule has 0 saturated carbocycles. The number of rotatable bonds is 3. The molecule has 94 valence electrons. The third-order valence-electron chi connectivity index (χ3n) is 2.28. The fraction of sp³-hybridized carbons (Fsp3) is 0.0909. The van der Waals surface area contributed by atoms with Crippen LogP contribution in [0.2, 0.25) is 0 Å². The molecule has 0 amide bonds. The molecular weight excluding hydrogens is 256 g/mol. The molecule has 0 unspecified atom stereocenters. The van der Waals surface area contributed by atoms with Gasteiger partial charge in [-0.15, -0.1) is 0 Å². The second-order valence-corrected chi connectivity index (χ2v) is 5.34. The average molecular weight is 266 g/mol. The van der Waals surface area contributed by atoms with Gasteiger partial charge in [0.25, 0.3) is 5.56 Å². The van der Waals surface area contributed by atoms with Gasteiger partial charge < -0.3 is 4.74 Å². The summed E-state index contributed by atoms with van der Waals surface area (Å²) in [5, 5.41) is 5.39. The summed E-state index contributed by atoms with van der Waals surface area (Å²) in [5.74, 6) is 0.431. The zero-order chi connectivity index (χ0) is 13.2. The summed E-state index contributed by atoms with van der Waals surface area (Å²) in [5.41, 5.74) is -0.459. The number of aromatic amines is 1. The van der Waals surface area contributed by atoms with E-state index in [0.717, 1.165) is 12.1 Å². The average Bonchev–Trinajstić information content (AvgIpc) is 2.39. The molecule has 0 radical (unpaired) electrons. The van der Waals surface area contributed by atoms with Gasteiger partial charge in [0, 0.05) is 6.07 Å². The molecule has 1 aromatic carbocycles. The predicted octanol–water partition coefficient (Wildman–Crippen LogP) is 0.611. The zero-order valence-electron chi connectivity index (χ0n) is 9.45. The Bertz CT molecular complexity index is 701. The molecule has 7 heteroatoms. The first-order valence-corrected chi connectivity index (χ1v) is 6.47. The van der Waals surface area contributed by atoms with Gasteiger partial charge in [-0.2, -0.15) is 5.10 Å². The van der Waals surface area contributed by atoms with Crippen molar-refractivity contribution in [2.24, 2.45) is 0 Å². The highest BCUT2D eigenvalue weighted by atomic mass is 32.2. The lowest BCUT2D eigenvalue weighted by atomic mass is 10.3. The Kier molecular flexibility index (Phi) is 3.15. The molecule has 1 heterocycles. The smallest absolute Gasteiger partial charge is 0.264 e. The van der Waals surface area contributed by atoms with Gasteiger partial charge in [-0.05, 0) is 24.3 Å². The Morgan fingerprint density at radius 3 is 2.61 bits per heavy atom. The van der Waals surface area contributed by atoms with Crippen LogP contribution < -0.4 is 10.3 Å². The summed E-state index contributed by atoms with van der Waals surface area (Å²) < 4.78 is 29.3. The first-order chi connectivity index (χ1) is 8.54. The van der Waals surface area contributed by atoms with Crippen molar-refractivity contribution >= 4 is 9.84 Å². The summed E-state index contributed by atoms with van der Waals surface area (Å²) in [6, 6.07) is 8.30. The van der Waals surface area contributed by atoms with E-state index in [9.17, 15) is 13.2 Å². The van der Waals surface area contributed by atoms with Crippen molar-refractivity contribution in [1.29, 1.82) is 0 Å². The molecular formula is C11H10N2O4S. The van der Waals surface area contributed by atoms with Crippen LogP contribution in [0, 0.1) is 0 Å².